The van der Waals surface area contributed by atoms with Crippen LogP contribution < -0.4 is 10.6 Å². The molecule has 9 nitrogen and oxygen atoms in total. The third-order valence-electron chi connectivity index (χ3n) is 9.44. The number of hydrogen-bond donors (Lipinski definition) is 4. The maximum atomic E-state index is 12.7. The van der Waals surface area contributed by atoms with Gasteiger partial charge in [-0.25, -0.2) is 4.79 Å². The molecular weight excluding hydrogens is 656 g/mol. The van der Waals surface area contributed by atoms with Gasteiger partial charge in [-0.05, 0) is 51.0 Å². The number of aliphatic carboxylic acids is 1. The van der Waals surface area contributed by atoms with Gasteiger partial charge >= 0.3 is 11.9 Å². The third-order valence-corrected chi connectivity index (χ3v) is 9.44. The fourth-order valence-electron chi connectivity index (χ4n) is 6.13. The molecule has 9 heteroatoms. The number of allylic oxidation sites excluding steroid dienone is 3. The fraction of sp³-hybridized carbons (Fsp3) is 0.814. The van der Waals surface area contributed by atoms with Gasteiger partial charge in [-0.3, -0.25) is 14.4 Å². The lowest BCUT2D eigenvalue weighted by Crippen LogP contribution is -2.47. The molecule has 0 aliphatic carbocycles. The van der Waals surface area contributed by atoms with Crippen LogP contribution in [0.1, 0.15) is 200 Å². The van der Waals surface area contributed by atoms with Crippen LogP contribution in [0.25, 0.3) is 0 Å². The lowest BCUT2D eigenvalue weighted by Gasteiger charge is -2.15. The third kappa shape index (κ3) is 34.4. The molecule has 0 saturated carbocycles. The Bertz CT molecular complexity index is 936. The summed E-state index contributed by atoms with van der Waals surface area (Å²) in [5, 5.41) is 22.5. The first-order chi connectivity index (χ1) is 25.3. The van der Waals surface area contributed by atoms with Crippen molar-refractivity contribution in [1.82, 2.24) is 10.6 Å². The van der Waals surface area contributed by atoms with Crippen LogP contribution in [0.4, 0.5) is 0 Å². The fourth-order valence-corrected chi connectivity index (χ4v) is 6.13. The maximum absolute atomic E-state index is 12.7. The van der Waals surface area contributed by atoms with Crippen LogP contribution in [0.3, 0.4) is 0 Å². The van der Waals surface area contributed by atoms with E-state index in [0.29, 0.717) is 12.8 Å². The van der Waals surface area contributed by atoms with Crippen molar-refractivity contribution in [3.63, 3.8) is 0 Å². The van der Waals surface area contributed by atoms with E-state index in [1.54, 1.807) is 0 Å². The molecule has 0 heterocycles. The van der Waals surface area contributed by atoms with Crippen molar-refractivity contribution < 1.29 is 34.1 Å². The van der Waals surface area contributed by atoms with Crippen molar-refractivity contribution in [1.29, 1.82) is 0 Å². The topological polar surface area (TPSA) is 142 Å². The minimum absolute atomic E-state index is 0.125. The molecule has 302 valence electrons. The molecule has 0 aromatic rings. The number of carbonyl (C=O) groups is 4. The van der Waals surface area contributed by atoms with Gasteiger partial charge in [0.1, 0.15) is 12.1 Å². The van der Waals surface area contributed by atoms with Gasteiger partial charge in [0.2, 0.25) is 11.8 Å². The van der Waals surface area contributed by atoms with Crippen molar-refractivity contribution >= 4 is 23.8 Å². The molecule has 0 bridgehead atoms. The van der Waals surface area contributed by atoms with Gasteiger partial charge in [-0.1, -0.05) is 160 Å². The molecule has 2 unspecified atom stereocenters. The number of carbonyl (C=O) groups excluding carboxylic acids is 3. The predicted octanol–water partition coefficient (Wildman–Crippen LogP) is 10.0. The molecule has 0 spiro atoms. The number of unbranched alkanes of at least 4 members (excludes halogenated alkanes) is 22. The second kappa shape index (κ2) is 38.1. The van der Waals surface area contributed by atoms with Crippen molar-refractivity contribution in [2.75, 3.05) is 13.2 Å². The van der Waals surface area contributed by atoms with Gasteiger partial charge in [0.25, 0.3) is 0 Å². The molecule has 52 heavy (non-hydrogen) atoms. The Hall–Kier alpha value is -2.68. The van der Waals surface area contributed by atoms with Gasteiger partial charge in [0.15, 0.2) is 0 Å². The number of esters is 1. The highest BCUT2D eigenvalue weighted by atomic mass is 16.5. The summed E-state index contributed by atoms with van der Waals surface area (Å²) in [6, 6.07) is -1.39. The van der Waals surface area contributed by atoms with E-state index in [1.165, 1.54) is 116 Å². The number of nitrogens with one attached hydrogen (secondary N) is 2. The molecule has 2 atom stereocenters. The summed E-state index contributed by atoms with van der Waals surface area (Å²) in [5.41, 5.74) is 0. The zero-order valence-corrected chi connectivity index (χ0v) is 33.3. The molecule has 0 aromatic heterocycles. The lowest BCUT2D eigenvalue weighted by molar-refractivity contribution is -0.147. The lowest BCUT2D eigenvalue weighted by atomic mass is 10.0. The number of carboxylic acid groups (broad SMARTS) is 1. The van der Waals surface area contributed by atoms with Crippen LogP contribution in [0.15, 0.2) is 24.3 Å². The first-order valence-electron chi connectivity index (χ1n) is 21.2. The van der Waals surface area contributed by atoms with Crippen LogP contribution in [-0.2, 0) is 23.9 Å². The SMILES string of the molecule is CCCCC/C=C\C/C=C\C(CCCCCCC(=O)NCC(=O)NC(CO)C(=O)O)OC(=O)CCCCCCCCCCCCCCCCCCC. The molecule has 0 aliphatic rings. The van der Waals surface area contributed by atoms with E-state index in [2.05, 4.69) is 42.7 Å². The quantitative estimate of drug-likeness (QED) is 0.0281. The van der Waals surface area contributed by atoms with Gasteiger partial charge in [-0.2, -0.15) is 0 Å². The Kier molecular flexibility index (Phi) is 36.1. The zero-order valence-electron chi connectivity index (χ0n) is 33.3. The molecule has 0 rings (SSSR count). The summed E-state index contributed by atoms with van der Waals surface area (Å²) < 4.78 is 5.88. The van der Waals surface area contributed by atoms with Crippen LogP contribution >= 0.6 is 0 Å². The number of carboxylic acids is 1. The predicted molar refractivity (Wildman–Crippen MR) is 213 cm³/mol. The average Bonchev–Trinajstić information content (AvgIpc) is 3.13. The van der Waals surface area contributed by atoms with Crippen molar-refractivity contribution in [2.45, 2.75) is 212 Å². The highest BCUT2D eigenvalue weighted by Crippen LogP contribution is 2.16. The monoisotopic (exact) mass is 735 g/mol. The van der Waals surface area contributed by atoms with E-state index in [-0.39, 0.29) is 30.9 Å². The van der Waals surface area contributed by atoms with Crippen LogP contribution in [0, 0.1) is 0 Å². The van der Waals surface area contributed by atoms with Gasteiger partial charge < -0.3 is 25.6 Å². The Labute approximate surface area is 317 Å². The second-order valence-electron chi connectivity index (χ2n) is 14.4. The second-order valence-corrected chi connectivity index (χ2v) is 14.4. The standard InChI is InChI=1S/C43H78N2O7/c1-3-5-7-9-11-13-14-15-16-17-18-19-20-21-23-25-31-35-42(49)52-38(32-28-24-22-12-10-8-6-4-2)33-29-26-27-30-34-40(47)44-36-41(48)45-39(37-46)43(50)51/h12,22,28,32,38-39,46H,3-11,13-21,23-27,29-31,33-37H2,1-2H3,(H,44,47)(H,45,48)(H,50,51)/b22-12-,32-28-. The van der Waals surface area contributed by atoms with Crippen LogP contribution in [0.2, 0.25) is 0 Å². The first kappa shape index (κ1) is 49.3. The molecular formula is C43H78N2O7. The van der Waals surface area contributed by atoms with Gasteiger partial charge in [-0.15, -0.1) is 0 Å². The minimum atomic E-state index is -1.39. The number of aliphatic hydroxyl groups excluding tert-OH is 1. The van der Waals surface area contributed by atoms with E-state index in [9.17, 15) is 19.2 Å². The Balaban J connectivity index is 4.23. The van der Waals surface area contributed by atoms with Crippen molar-refractivity contribution in [2.24, 2.45) is 0 Å². The molecule has 4 N–H and O–H groups in total. The Morgan fingerprint density at radius 3 is 1.63 bits per heavy atom. The number of rotatable bonds is 38. The number of amides is 2. The Morgan fingerprint density at radius 1 is 0.596 bits per heavy atom. The maximum Gasteiger partial charge on any atom is 0.328 e. The molecule has 0 aromatic carbocycles. The molecule has 0 fully saturated rings. The normalized spacial score (nSPS) is 12.7. The molecule has 0 radical (unpaired) electrons. The summed E-state index contributed by atoms with van der Waals surface area (Å²) >= 11 is 0. The van der Waals surface area contributed by atoms with E-state index >= 15 is 0 Å². The van der Waals surface area contributed by atoms with E-state index in [4.69, 9.17) is 14.9 Å². The van der Waals surface area contributed by atoms with Crippen LogP contribution in [0.5, 0.6) is 0 Å². The number of hydrogen-bond acceptors (Lipinski definition) is 6. The smallest absolute Gasteiger partial charge is 0.328 e. The summed E-state index contributed by atoms with van der Waals surface area (Å²) in [6.45, 7) is 3.42. The highest BCUT2D eigenvalue weighted by molar-refractivity contribution is 5.87. The van der Waals surface area contributed by atoms with E-state index in [0.717, 1.165) is 51.4 Å². The average molecular weight is 735 g/mol. The highest BCUT2D eigenvalue weighted by Gasteiger charge is 2.18. The van der Waals surface area contributed by atoms with Crippen LogP contribution in [-0.4, -0.2) is 59.3 Å². The van der Waals surface area contributed by atoms with Gasteiger partial charge in [0.05, 0.1) is 13.2 Å². The largest absolute Gasteiger partial charge is 0.480 e. The first-order valence-corrected chi connectivity index (χ1v) is 21.2. The van der Waals surface area contributed by atoms with Crippen molar-refractivity contribution in [3.05, 3.63) is 24.3 Å². The molecule has 0 aliphatic heterocycles. The Morgan fingerprint density at radius 2 is 1.10 bits per heavy atom. The van der Waals surface area contributed by atoms with E-state index in [1.807, 2.05) is 6.08 Å². The van der Waals surface area contributed by atoms with Crippen molar-refractivity contribution in [3.8, 4) is 0 Å². The summed E-state index contributed by atoms with van der Waals surface area (Å²) in [5.74, 6) is -2.41. The molecule has 2 amide bonds. The summed E-state index contributed by atoms with van der Waals surface area (Å²) in [4.78, 5) is 47.5. The number of ether oxygens (including phenoxy) is 1. The number of aliphatic hydroxyl groups is 1. The summed E-state index contributed by atoms with van der Waals surface area (Å²) in [6.07, 6.45) is 40.9. The zero-order chi connectivity index (χ0) is 38.3. The van der Waals surface area contributed by atoms with E-state index < -0.39 is 24.5 Å². The summed E-state index contributed by atoms with van der Waals surface area (Å²) in [7, 11) is 0. The minimum Gasteiger partial charge on any atom is -0.480 e. The molecule has 0 saturated heterocycles. The van der Waals surface area contributed by atoms with Gasteiger partial charge in [0, 0.05) is 12.8 Å².